The third-order valence-electron chi connectivity index (χ3n) is 6.30. The number of phenols is 1. The fourth-order valence-electron chi connectivity index (χ4n) is 4.28. The first-order valence-corrected chi connectivity index (χ1v) is 11.3. The number of ether oxygens (including phenoxy) is 2. The molecular formula is C26H32N2O6. The fraction of sp³-hybridized carbons (Fsp3) is 0.385. The van der Waals surface area contributed by atoms with Gasteiger partial charge in [-0.2, -0.15) is 0 Å². The van der Waals surface area contributed by atoms with E-state index in [0.717, 1.165) is 13.1 Å². The third kappa shape index (κ3) is 4.72. The maximum absolute atomic E-state index is 13.2. The third-order valence-corrected chi connectivity index (χ3v) is 6.30. The van der Waals surface area contributed by atoms with Gasteiger partial charge >= 0.3 is 0 Å². The molecule has 0 bridgehead atoms. The quantitative estimate of drug-likeness (QED) is 0.330. The number of Topliss-reactive ketones (excluding diaryl/α,β-unsaturated/α-hetero) is 1. The van der Waals surface area contributed by atoms with Crippen molar-refractivity contribution in [3.8, 4) is 17.2 Å². The van der Waals surface area contributed by atoms with E-state index in [1.807, 2.05) is 13.8 Å². The zero-order valence-corrected chi connectivity index (χ0v) is 20.3. The molecular weight excluding hydrogens is 436 g/mol. The molecule has 34 heavy (non-hydrogen) atoms. The average Bonchev–Trinajstić information content (AvgIpc) is 3.09. The first-order chi connectivity index (χ1) is 16.3. The Bertz CT molecular complexity index is 1110. The van der Waals surface area contributed by atoms with Crippen molar-refractivity contribution in [2.45, 2.75) is 26.8 Å². The summed E-state index contributed by atoms with van der Waals surface area (Å²) < 4.78 is 10.5. The monoisotopic (exact) mass is 468 g/mol. The number of nitrogens with zero attached hydrogens (tertiary/aromatic N) is 2. The molecule has 2 N–H and O–H groups in total. The minimum absolute atomic E-state index is 0.00515. The summed E-state index contributed by atoms with van der Waals surface area (Å²) in [4.78, 5) is 30.0. The average molecular weight is 469 g/mol. The van der Waals surface area contributed by atoms with Crippen LogP contribution in [0.1, 0.15) is 36.6 Å². The molecule has 2 aromatic rings. The maximum atomic E-state index is 13.2. The Hall–Kier alpha value is -3.52. The number of amides is 1. The number of ketones is 1. The Labute approximate surface area is 200 Å². The van der Waals surface area contributed by atoms with Gasteiger partial charge in [0.2, 0.25) is 0 Å². The second-order valence-corrected chi connectivity index (χ2v) is 8.13. The van der Waals surface area contributed by atoms with E-state index >= 15 is 0 Å². The van der Waals surface area contributed by atoms with Crippen molar-refractivity contribution in [3.63, 3.8) is 0 Å². The number of likely N-dealkylation sites (tertiary alicyclic amines) is 1. The van der Waals surface area contributed by atoms with Crippen molar-refractivity contribution in [1.29, 1.82) is 0 Å². The van der Waals surface area contributed by atoms with Crippen LogP contribution in [0, 0.1) is 6.92 Å². The number of rotatable bonds is 9. The molecule has 1 amide bonds. The molecule has 0 spiro atoms. The number of aliphatic hydroxyl groups excluding tert-OH is 1. The molecule has 1 aliphatic rings. The highest BCUT2D eigenvalue weighted by Crippen LogP contribution is 2.42. The van der Waals surface area contributed by atoms with E-state index < -0.39 is 17.7 Å². The number of likely N-dealkylation sites (N-methyl/N-ethyl adjacent to an activating group) is 1. The minimum atomic E-state index is -0.827. The van der Waals surface area contributed by atoms with Crippen LogP contribution in [-0.4, -0.2) is 72.1 Å². The lowest BCUT2D eigenvalue weighted by atomic mass is 9.93. The molecule has 8 heteroatoms. The van der Waals surface area contributed by atoms with Crippen LogP contribution in [0.5, 0.6) is 17.2 Å². The van der Waals surface area contributed by atoms with E-state index in [2.05, 4.69) is 4.90 Å². The van der Waals surface area contributed by atoms with E-state index in [1.165, 1.54) is 18.1 Å². The summed E-state index contributed by atoms with van der Waals surface area (Å²) in [6.07, 6.45) is 0. The number of hydrogen-bond acceptors (Lipinski definition) is 7. The zero-order chi connectivity index (χ0) is 25.0. The number of benzene rings is 2. The van der Waals surface area contributed by atoms with Gasteiger partial charge in [0, 0.05) is 18.7 Å². The molecule has 2 aromatic carbocycles. The van der Waals surface area contributed by atoms with Crippen molar-refractivity contribution in [3.05, 3.63) is 58.7 Å². The summed E-state index contributed by atoms with van der Waals surface area (Å²) in [6, 6.07) is 8.96. The maximum Gasteiger partial charge on any atom is 0.295 e. The van der Waals surface area contributed by atoms with Crippen LogP contribution in [0.25, 0.3) is 5.76 Å². The lowest BCUT2D eigenvalue weighted by Gasteiger charge is -2.28. The summed E-state index contributed by atoms with van der Waals surface area (Å²) in [6.45, 7) is 8.36. The molecule has 0 radical (unpaired) electrons. The Morgan fingerprint density at radius 2 is 1.76 bits per heavy atom. The van der Waals surface area contributed by atoms with Gasteiger partial charge in [-0.1, -0.05) is 19.9 Å². The topological polar surface area (TPSA) is 99.5 Å². The molecule has 0 aliphatic carbocycles. The summed E-state index contributed by atoms with van der Waals surface area (Å²) in [5.74, 6) is -0.888. The highest BCUT2D eigenvalue weighted by atomic mass is 16.5. The zero-order valence-electron chi connectivity index (χ0n) is 20.3. The smallest absolute Gasteiger partial charge is 0.295 e. The van der Waals surface area contributed by atoms with E-state index in [9.17, 15) is 19.8 Å². The van der Waals surface area contributed by atoms with E-state index in [0.29, 0.717) is 35.5 Å². The minimum Gasteiger partial charge on any atom is -0.507 e. The van der Waals surface area contributed by atoms with Crippen LogP contribution in [0.2, 0.25) is 0 Å². The summed E-state index contributed by atoms with van der Waals surface area (Å²) >= 11 is 0. The Morgan fingerprint density at radius 1 is 1.06 bits per heavy atom. The highest BCUT2D eigenvalue weighted by molar-refractivity contribution is 6.46. The Balaban J connectivity index is 2.17. The van der Waals surface area contributed by atoms with Crippen molar-refractivity contribution >= 4 is 17.4 Å². The number of carbonyl (C=O) groups excluding carboxylic acids is 2. The van der Waals surface area contributed by atoms with E-state index in [-0.39, 0.29) is 22.8 Å². The number of phenolic OH excluding ortho intramolecular Hbond substituents is 1. The highest BCUT2D eigenvalue weighted by Gasteiger charge is 2.46. The first-order valence-electron chi connectivity index (χ1n) is 11.3. The van der Waals surface area contributed by atoms with Gasteiger partial charge in [-0.25, -0.2) is 0 Å². The van der Waals surface area contributed by atoms with Crippen LogP contribution in [-0.2, 0) is 9.59 Å². The predicted octanol–water partition coefficient (Wildman–Crippen LogP) is 3.48. The fourth-order valence-corrected chi connectivity index (χ4v) is 4.28. The van der Waals surface area contributed by atoms with Gasteiger partial charge in [0.25, 0.3) is 11.7 Å². The molecule has 0 unspecified atom stereocenters. The lowest BCUT2D eigenvalue weighted by Crippen LogP contribution is -2.38. The van der Waals surface area contributed by atoms with Crippen molar-refractivity contribution in [2.75, 3.05) is 40.4 Å². The van der Waals surface area contributed by atoms with Crippen LogP contribution in [0.3, 0.4) is 0 Å². The number of methoxy groups -OCH3 is 2. The summed E-state index contributed by atoms with van der Waals surface area (Å²) in [5.41, 5.74) is 1.71. The van der Waals surface area contributed by atoms with Crippen molar-refractivity contribution in [1.82, 2.24) is 9.80 Å². The largest absolute Gasteiger partial charge is 0.507 e. The van der Waals surface area contributed by atoms with Gasteiger partial charge in [-0.05, 0) is 61.5 Å². The van der Waals surface area contributed by atoms with Gasteiger partial charge in [0.15, 0.2) is 11.5 Å². The van der Waals surface area contributed by atoms with Gasteiger partial charge < -0.3 is 29.5 Å². The first kappa shape index (κ1) is 25.1. The van der Waals surface area contributed by atoms with Gasteiger partial charge in [-0.3, -0.25) is 9.59 Å². The number of aryl methyl sites for hydroxylation is 1. The van der Waals surface area contributed by atoms with Gasteiger partial charge in [0.05, 0.1) is 25.8 Å². The second kappa shape index (κ2) is 10.6. The molecule has 182 valence electrons. The Morgan fingerprint density at radius 3 is 2.35 bits per heavy atom. The van der Waals surface area contributed by atoms with Crippen LogP contribution in [0.15, 0.2) is 42.0 Å². The molecule has 1 saturated heterocycles. The number of hydrogen-bond donors (Lipinski definition) is 2. The molecule has 1 heterocycles. The molecule has 0 saturated carbocycles. The molecule has 0 aromatic heterocycles. The second-order valence-electron chi connectivity index (χ2n) is 8.13. The molecule has 1 fully saturated rings. The summed E-state index contributed by atoms with van der Waals surface area (Å²) in [5, 5.41) is 21.4. The number of carbonyl (C=O) groups is 2. The standard InChI is InChI=1S/C26H32N2O6/c1-6-27(7-2)12-13-28-23(17-8-11-20(29)21(15-17)34-5)22(25(31)26(28)32)24(30)19-10-9-18(33-4)14-16(19)3/h8-11,14-15,23,29-30H,6-7,12-13H2,1-5H3/t23-/m0/s1. The Kier molecular flexibility index (Phi) is 7.83. The lowest BCUT2D eigenvalue weighted by molar-refractivity contribution is -0.140. The molecule has 8 nitrogen and oxygen atoms in total. The van der Waals surface area contributed by atoms with Gasteiger partial charge in [-0.15, -0.1) is 0 Å². The van der Waals surface area contributed by atoms with Crippen molar-refractivity contribution in [2.24, 2.45) is 0 Å². The van der Waals surface area contributed by atoms with Crippen LogP contribution >= 0.6 is 0 Å². The normalized spacial score (nSPS) is 17.5. The SMILES string of the molecule is CCN(CC)CCN1C(=O)C(=O)C(=C(O)c2ccc(OC)cc2C)[C@@H]1c1ccc(O)c(OC)c1. The summed E-state index contributed by atoms with van der Waals surface area (Å²) in [7, 11) is 2.98. The number of aliphatic hydroxyl groups is 1. The van der Waals surface area contributed by atoms with Crippen LogP contribution < -0.4 is 9.47 Å². The van der Waals surface area contributed by atoms with Crippen molar-refractivity contribution < 1.29 is 29.3 Å². The number of aromatic hydroxyl groups is 1. The van der Waals surface area contributed by atoms with E-state index in [4.69, 9.17) is 9.47 Å². The molecule has 3 rings (SSSR count). The van der Waals surface area contributed by atoms with Crippen LogP contribution in [0.4, 0.5) is 0 Å². The predicted molar refractivity (Wildman–Crippen MR) is 129 cm³/mol. The van der Waals surface area contributed by atoms with Gasteiger partial charge in [0.1, 0.15) is 11.5 Å². The molecule has 1 atom stereocenters. The van der Waals surface area contributed by atoms with E-state index in [1.54, 1.807) is 44.4 Å². The molecule has 1 aliphatic heterocycles.